The minimum absolute atomic E-state index is 0.0238. The molecule has 0 radical (unpaired) electrons. The molecule has 112 valence electrons. The van der Waals surface area contributed by atoms with E-state index < -0.39 is 0 Å². The molecule has 5 nitrogen and oxygen atoms in total. The number of rotatable bonds is 2. The highest BCUT2D eigenvalue weighted by atomic mass is 16.2. The molecule has 2 fully saturated rings. The third kappa shape index (κ3) is 2.41. The number of hydrogen-bond donors (Lipinski definition) is 0. The summed E-state index contributed by atoms with van der Waals surface area (Å²) in [6, 6.07) is 3.57. The first-order chi connectivity index (χ1) is 10.2. The van der Waals surface area contributed by atoms with Gasteiger partial charge in [0.15, 0.2) is 0 Å². The second kappa shape index (κ2) is 5.47. The van der Waals surface area contributed by atoms with E-state index in [2.05, 4.69) is 4.98 Å². The van der Waals surface area contributed by atoms with Crippen LogP contribution in [0.1, 0.15) is 36.5 Å². The third-order valence-electron chi connectivity index (χ3n) is 4.90. The first kappa shape index (κ1) is 14.0. The van der Waals surface area contributed by atoms with E-state index >= 15 is 0 Å². The van der Waals surface area contributed by atoms with Gasteiger partial charge in [-0.15, -0.1) is 0 Å². The Morgan fingerprint density at radius 1 is 1.29 bits per heavy atom. The molecule has 2 amide bonds. The van der Waals surface area contributed by atoms with Gasteiger partial charge in [-0.25, -0.2) is 0 Å². The van der Waals surface area contributed by atoms with Crippen LogP contribution in [0.3, 0.4) is 0 Å². The number of pyridine rings is 1. The maximum absolute atomic E-state index is 12.5. The Labute approximate surface area is 124 Å². The van der Waals surface area contributed by atoms with Gasteiger partial charge in [0, 0.05) is 38.6 Å². The first-order valence-electron chi connectivity index (χ1n) is 7.65. The number of nitrogens with zero attached hydrogens (tertiary/aromatic N) is 3. The van der Waals surface area contributed by atoms with Crippen LogP contribution >= 0.6 is 0 Å². The highest BCUT2D eigenvalue weighted by molar-refractivity contribution is 5.94. The van der Waals surface area contributed by atoms with E-state index in [1.54, 1.807) is 24.5 Å². The molecule has 0 unspecified atom stereocenters. The fourth-order valence-corrected chi connectivity index (χ4v) is 3.47. The van der Waals surface area contributed by atoms with Gasteiger partial charge in [0.1, 0.15) is 0 Å². The molecule has 0 N–H and O–H groups in total. The van der Waals surface area contributed by atoms with Gasteiger partial charge < -0.3 is 9.80 Å². The predicted molar refractivity (Wildman–Crippen MR) is 78.7 cm³/mol. The van der Waals surface area contributed by atoms with E-state index in [9.17, 15) is 9.59 Å². The standard InChI is InChI=1S/C16H21N3O2/c1-2-18-9-5-16(15(18)21)6-10-19(11-7-16)14(20)13-4-3-8-17-12-13/h3-4,8,12H,2,5-7,9-11H2,1H3. The van der Waals surface area contributed by atoms with Crippen LogP contribution in [0.5, 0.6) is 0 Å². The van der Waals surface area contributed by atoms with Gasteiger partial charge in [0.25, 0.3) is 5.91 Å². The molecule has 21 heavy (non-hydrogen) atoms. The fraction of sp³-hybridized carbons (Fsp3) is 0.562. The molecular weight excluding hydrogens is 266 g/mol. The van der Waals surface area contributed by atoms with Crippen LogP contribution in [0, 0.1) is 5.41 Å². The Morgan fingerprint density at radius 3 is 2.57 bits per heavy atom. The van der Waals surface area contributed by atoms with Crippen LogP contribution in [-0.2, 0) is 4.79 Å². The number of amides is 2. The SMILES string of the molecule is CCN1CCC2(CCN(C(=O)c3cccnc3)CC2)C1=O. The first-order valence-corrected chi connectivity index (χ1v) is 7.65. The van der Waals surface area contributed by atoms with Crippen LogP contribution in [0.4, 0.5) is 0 Å². The molecule has 2 aliphatic rings. The molecule has 3 rings (SSSR count). The smallest absolute Gasteiger partial charge is 0.255 e. The van der Waals surface area contributed by atoms with Crippen molar-refractivity contribution in [1.82, 2.24) is 14.8 Å². The molecule has 3 heterocycles. The molecule has 1 aromatic rings. The van der Waals surface area contributed by atoms with Crippen molar-refractivity contribution >= 4 is 11.8 Å². The van der Waals surface area contributed by atoms with Crippen molar-refractivity contribution in [2.45, 2.75) is 26.2 Å². The highest BCUT2D eigenvalue weighted by Gasteiger charge is 2.48. The van der Waals surface area contributed by atoms with E-state index in [0.717, 1.165) is 32.4 Å². The van der Waals surface area contributed by atoms with Gasteiger partial charge in [-0.2, -0.15) is 0 Å². The Kier molecular flexibility index (Phi) is 3.66. The van der Waals surface area contributed by atoms with E-state index in [1.807, 2.05) is 16.7 Å². The molecule has 2 aliphatic heterocycles. The van der Waals surface area contributed by atoms with Crippen molar-refractivity contribution in [1.29, 1.82) is 0 Å². The summed E-state index contributed by atoms with van der Waals surface area (Å²) in [6.45, 7) is 5.01. The second-order valence-corrected chi connectivity index (χ2v) is 5.95. The van der Waals surface area contributed by atoms with Crippen LogP contribution in [-0.4, -0.2) is 52.8 Å². The van der Waals surface area contributed by atoms with E-state index in [0.29, 0.717) is 24.6 Å². The van der Waals surface area contributed by atoms with Crippen molar-refractivity contribution in [3.05, 3.63) is 30.1 Å². The summed E-state index contributed by atoms with van der Waals surface area (Å²) in [7, 11) is 0. The third-order valence-corrected chi connectivity index (χ3v) is 4.90. The largest absolute Gasteiger partial charge is 0.342 e. The van der Waals surface area contributed by atoms with Crippen molar-refractivity contribution in [2.24, 2.45) is 5.41 Å². The summed E-state index contributed by atoms with van der Waals surface area (Å²) in [5, 5.41) is 0. The summed E-state index contributed by atoms with van der Waals surface area (Å²) in [4.78, 5) is 32.7. The quantitative estimate of drug-likeness (QED) is 0.829. The second-order valence-electron chi connectivity index (χ2n) is 5.95. The van der Waals surface area contributed by atoms with Crippen LogP contribution in [0.2, 0.25) is 0 Å². The summed E-state index contributed by atoms with van der Waals surface area (Å²) in [5.41, 5.74) is 0.420. The molecular formula is C16H21N3O2. The average molecular weight is 287 g/mol. The van der Waals surface area contributed by atoms with Gasteiger partial charge in [0.05, 0.1) is 11.0 Å². The maximum atomic E-state index is 12.5. The lowest BCUT2D eigenvalue weighted by molar-refractivity contribution is -0.137. The molecule has 2 saturated heterocycles. The molecule has 1 spiro atoms. The number of likely N-dealkylation sites (tertiary alicyclic amines) is 2. The zero-order chi connectivity index (χ0) is 14.9. The number of carbonyl (C=O) groups is 2. The lowest BCUT2D eigenvalue weighted by atomic mass is 9.77. The van der Waals surface area contributed by atoms with Crippen LogP contribution in [0.15, 0.2) is 24.5 Å². The summed E-state index contributed by atoms with van der Waals surface area (Å²) in [6.07, 6.45) is 5.78. The Bertz CT molecular complexity index is 536. The van der Waals surface area contributed by atoms with Crippen LogP contribution < -0.4 is 0 Å². The van der Waals surface area contributed by atoms with Gasteiger partial charge in [0.2, 0.25) is 5.91 Å². The van der Waals surface area contributed by atoms with Gasteiger partial charge in [-0.3, -0.25) is 14.6 Å². The highest BCUT2D eigenvalue weighted by Crippen LogP contribution is 2.41. The van der Waals surface area contributed by atoms with Crippen molar-refractivity contribution in [3.8, 4) is 0 Å². The van der Waals surface area contributed by atoms with Crippen molar-refractivity contribution < 1.29 is 9.59 Å². The average Bonchev–Trinajstić information content (AvgIpc) is 2.85. The molecule has 0 saturated carbocycles. The predicted octanol–water partition coefficient (Wildman–Crippen LogP) is 1.56. The fourth-order valence-electron chi connectivity index (χ4n) is 3.47. The zero-order valence-corrected chi connectivity index (χ0v) is 12.4. The Morgan fingerprint density at radius 2 is 2.00 bits per heavy atom. The number of hydrogen-bond acceptors (Lipinski definition) is 3. The molecule has 0 bridgehead atoms. The van der Waals surface area contributed by atoms with Crippen LogP contribution in [0.25, 0.3) is 0 Å². The Balaban J connectivity index is 1.66. The number of piperidine rings is 1. The van der Waals surface area contributed by atoms with E-state index in [1.165, 1.54) is 0 Å². The van der Waals surface area contributed by atoms with Gasteiger partial charge >= 0.3 is 0 Å². The lowest BCUT2D eigenvalue weighted by Gasteiger charge is -2.37. The Hall–Kier alpha value is -1.91. The summed E-state index contributed by atoms with van der Waals surface area (Å²) < 4.78 is 0. The number of carbonyl (C=O) groups excluding carboxylic acids is 2. The van der Waals surface area contributed by atoms with Gasteiger partial charge in [-0.05, 0) is 38.3 Å². The van der Waals surface area contributed by atoms with Gasteiger partial charge in [-0.1, -0.05) is 0 Å². The van der Waals surface area contributed by atoms with Crippen molar-refractivity contribution in [2.75, 3.05) is 26.2 Å². The molecule has 5 heteroatoms. The monoisotopic (exact) mass is 287 g/mol. The lowest BCUT2D eigenvalue weighted by Crippen LogP contribution is -2.46. The topological polar surface area (TPSA) is 53.5 Å². The maximum Gasteiger partial charge on any atom is 0.255 e. The summed E-state index contributed by atoms with van der Waals surface area (Å²) >= 11 is 0. The molecule has 0 aliphatic carbocycles. The summed E-state index contributed by atoms with van der Waals surface area (Å²) in [5.74, 6) is 0.314. The molecule has 1 aromatic heterocycles. The van der Waals surface area contributed by atoms with Crippen molar-refractivity contribution in [3.63, 3.8) is 0 Å². The molecule has 0 atom stereocenters. The minimum atomic E-state index is -0.207. The zero-order valence-electron chi connectivity index (χ0n) is 12.4. The van der Waals surface area contributed by atoms with E-state index in [4.69, 9.17) is 0 Å². The minimum Gasteiger partial charge on any atom is -0.342 e. The number of aromatic nitrogens is 1. The normalized spacial score (nSPS) is 21.1. The molecule has 0 aromatic carbocycles. The van der Waals surface area contributed by atoms with E-state index in [-0.39, 0.29) is 11.3 Å².